The van der Waals surface area contributed by atoms with E-state index in [0.29, 0.717) is 28.3 Å². The van der Waals surface area contributed by atoms with Gasteiger partial charge >= 0.3 is 0 Å². The minimum atomic E-state index is -0.468. The number of hydrogen-bond acceptors (Lipinski definition) is 3. The zero-order chi connectivity index (χ0) is 23.7. The van der Waals surface area contributed by atoms with Crippen molar-refractivity contribution < 1.29 is 14.0 Å². The minimum Gasteiger partial charge on any atom is -0.350 e. The number of imide groups is 1. The maximum Gasteiger partial charge on any atom is 0.278 e. The Kier molecular flexibility index (Phi) is 6.14. The summed E-state index contributed by atoms with van der Waals surface area (Å²) in [6.07, 6.45) is 0. The van der Waals surface area contributed by atoms with Gasteiger partial charge in [0.1, 0.15) is 11.5 Å². The molecule has 1 N–H and O–H groups in total. The van der Waals surface area contributed by atoms with E-state index in [0.717, 1.165) is 16.0 Å². The first-order valence-corrected chi connectivity index (χ1v) is 11.0. The molecule has 0 saturated carbocycles. The normalized spacial score (nSPS) is 13.9. The summed E-state index contributed by atoms with van der Waals surface area (Å²) < 4.78 is 14.3. The van der Waals surface area contributed by atoms with Crippen LogP contribution < -0.4 is 5.32 Å². The molecule has 2 amide bonds. The standard InChI is InChI=1S/C28H27FN2O2/c1-17(2)20-11-13-23(14-12-20)30-26-25(21-10-9-18(3)19(4)15-21)27(32)31(28(26)33)16-22-7-5-6-8-24(22)29/h5-15,17,30H,16H2,1-4H3. The lowest BCUT2D eigenvalue weighted by Gasteiger charge is -2.16. The maximum atomic E-state index is 14.3. The lowest BCUT2D eigenvalue weighted by Crippen LogP contribution is -2.32. The second kappa shape index (κ2) is 9.02. The molecule has 0 radical (unpaired) electrons. The van der Waals surface area contributed by atoms with Crippen molar-refractivity contribution in [3.8, 4) is 0 Å². The van der Waals surface area contributed by atoms with Gasteiger partial charge < -0.3 is 5.32 Å². The number of nitrogens with one attached hydrogen (secondary N) is 1. The van der Waals surface area contributed by atoms with Gasteiger partial charge in [-0.1, -0.05) is 62.4 Å². The van der Waals surface area contributed by atoms with Crippen LogP contribution in [-0.4, -0.2) is 16.7 Å². The second-order valence-corrected chi connectivity index (χ2v) is 8.74. The highest BCUT2D eigenvalue weighted by Gasteiger charge is 2.39. The molecule has 3 aromatic carbocycles. The van der Waals surface area contributed by atoms with E-state index in [4.69, 9.17) is 0 Å². The summed E-state index contributed by atoms with van der Waals surface area (Å²) in [6, 6.07) is 19.7. The van der Waals surface area contributed by atoms with Crippen LogP contribution in [0.15, 0.2) is 72.4 Å². The van der Waals surface area contributed by atoms with Gasteiger partial charge in [-0.25, -0.2) is 4.39 Å². The van der Waals surface area contributed by atoms with E-state index in [1.165, 1.54) is 11.6 Å². The number of rotatable bonds is 6. The SMILES string of the molecule is Cc1ccc(C2=C(Nc3ccc(C(C)C)cc3)C(=O)N(Cc3ccccc3F)C2=O)cc1C. The molecule has 1 heterocycles. The summed E-state index contributed by atoms with van der Waals surface area (Å²) in [7, 11) is 0. The molecule has 5 heteroatoms. The Morgan fingerprint density at radius 3 is 2.21 bits per heavy atom. The van der Waals surface area contributed by atoms with E-state index in [9.17, 15) is 14.0 Å². The number of halogens is 1. The Morgan fingerprint density at radius 1 is 0.879 bits per heavy atom. The molecule has 168 valence electrons. The van der Waals surface area contributed by atoms with Crippen LogP contribution in [0.4, 0.5) is 10.1 Å². The molecule has 33 heavy (non-hydrogen) atoms. The molecule has 3 aromatic rings. The third kappa shape index (κ3) is 4.44. The molecule has 0 unspecified atom stereocenters. The van der Waals surface area contributed by atoms with Crippen molar-refractivity contribution >= 4 is 23.1 Å². The number of nitrogens with zero attached hydrogens (tertiary/aromatic N) is 1. The Labute approximate surface area is 193 Å². The number of aryl methyl sites for hydroxylation is 2. The van der Waals surface area contributed by atoms with Crippen LogP contribution >= 0.6 is 0 Å². The van der Waals surface area contributed by atoms with Crippen molar-refractivity contribution in [3.63, 3.8) is 0 Å². The summed E-state index contributed by atoms with van der Waals surface area (Å²) >= 11 is 0. The molecule has 0 atom stereocenters. The Bertz CT molecular complexity index is 1260. The highest BCUT2D eigenvalue weighted by atomic mass is 19.1. The number of anilines is 1. The molecule has 0 spiro atoms. The fraction of sp³-hybridized carbons (Fsp3) is 0.214. The molecule has 1 aliphatic heterocycles. The molecular weight excluding hydrogens is 415 g/mol. The lowest BCUT2D eigenvalue weighted by molar-refractivity contribution is -0.137. The molecular formula is C28H27FN2O2. The average Bonchev–Trinajstić information content (AvgIpc) is 3.02. The van der Waals surface area contributed by atoms with E-state index >= 15 is 0 Å². The molecule has 0 aliphatic carbocycles. The largest absolute Gasteiger partial charge is 0.350 e. The highest BCUT2D eigenvalue weighted by molar-refractivity contribution is 6.36. The summed E-state index contributed by atoms with van der Waals surface area (Å²) in [5.41, 5.74) is 5.47. The van der Waals surface area contributed by atoms with Crippen LogP contribution in [0.2, 0.25) is 0 Å². The van der Waals surface area contributed by atoms with Crippen molar-refractivity contribution in [2.24, 2.45) is 0 Å². The molecule has 4 nitrogen and oxygen atoms in total. The number of benzene rings is 3. The number of amides is 2. The Hall–Kier alpha value is -3.73. The molecule has 0 bridgehead atoms. The fourth-order valence-electron chi connectivity index (χ4n) is 3.89. The van der Waals surface area contributed by atoms with Crippen LogP contribution in [0.25, 0.3) is 5.57 Å². The first-order chi connectivity index (χ1) is 15.8. The average molecular weight is 443 g/mol. The first-order valence-electron chi connectivity index (χ1n) is 11.0. The maximum absolute atomic E-state index is 14.3. The molecule has 4 rings (SSSR count). The van der Waals surface area contributed by atoms with Crippen LogP contribution in [0.1, 0.15) is 47.6 Å². The van der Waals surface area contributed by atoms with Crippen LogP contribution in [0, 0.1) is 19.7 Å². The lowest BCUT2D eigenvalue weighted by atomic mass is 9.99. The minimum absolute atomic E-state index is 0.129. The number of carbonyl (C=O) groups excluding carboxylic acids is 2. The van der Waals surface area contributed by atoms with Gasteiger partial charge in [0.2, 0.25) is 0 Å². The molecule has 0 fully saturated rings. The van der Waals surface area contributed by atoms with Gasteiger partial charge in [0.25, 0.3) is 11.8 Å². The van der Waals surface area contributed by atoms with Gasteiger partial charge in [-0.3, -0.25) is 14.5 Å². The van der Waals surface area contributed by atoms with Crippen molar-refractivity contribution in [2.75, 3.05) is 5.32 Å². The predicted molar refractivity (Wildman–Crippen MR) is 129 cm³/mol. The molecule has 1 aliphatic rings. The van der Waals surface area contributed by atoms with Crippen molar-refractivity contribution in [1.82, 2.24) is 4.90 Å². The molecule has 0 saturated heterocycles. The van der Waals surface area contributed by atoms with Gasteiger partial charge in [-0.2, -0.15) is 0 Å². The van der Waals surface area contributed by atoms with E-state index < -0.39 is 17.6 Å². The third-order valence-electron chi connectivity index (χ3n) is 6.10. The van der Waals surface area contributed by atoms with Crippen LogP contribution in [-0.2, 0) is 16.1 Å². The third-order valence-corrected chi connectivity index (χ3v) is 6.10. The van der Waals surface area contributed by atoms with Gasteiger partial charge in [-0.05, 0) is 60.2 Å². The predicted octanol–water partition coefficient (Wildman–Crippen LogP) is 5.96. The van der Waals surface area contributed by atoms with E-state index in [2.05, 4.69) is 19.2 Å². The van der Waals surface area contributed by atoms with Crippen LogP contribution in [0.5, 0.6) is 0 Å². The Morgan fingerprint density at radius 2 is 1.58 bits per heavy atom. The monoisotopic (exact) mass is 442 g/mol. The van der Waals surface area contributed by atoms with Gasteiger partial charge in [0.05, 0.1) is 12.1 Å². The fourth-order valence-corrected chi connectivity index (χ4v) is 3.89. The van der Waals surface area contributed by atoms with Crippen molar-refractivity contribution in [2.45, 2.75) is 40.2 Å². The summed E-state index contributed by atoms with van der Waals surface area (Å²) in [6.45, 7) is 8.06. The molecule has 0 aromatic heterocycles. The van der Waals surface area contributed by atoms with E-state index in [1.54, 1.807) is 18.2 Å². The van der Waals surface area contributed by atoms with Crippen LogP contribution in [0.3, 0.4) is 0 Å². The first kappa shape index (κ1) is 22.5. The smallest absolute Gasteiger partial charge is 0.278 e. The zero-order valence-corrected chi connectivity index (χ0v) is 19.3. The summed E-state index contributed by atoms with van der Waals surface area (Å²) in [4.78, 5) is 28.0. The highest BCUT2D eigenvalue weighted by Crippen LogP contribution is 2.33. The number of hydrogen-bond donors (Lipinski definition) is 1. The van der Waals surface area contributed by atoms with E-state index in [-0.39, 0.29) is 12.2 Å². The quantitative estimate of drug-likeness (QED) is 0.479. The topological polar surface area (TPSA) is 49.4 Å². The number of carbonyl (C=O) groups is 2. The van der Waals surface area contributed by atoms with Crippen molar-refractivity contribution in [3.05, 3.63) is 106 Å². The Balaban J connectivity index is 1.75. The van der Waals surface area contributed by atoms with Gasteiger partial charge in [-0.15, -0.1) is 0 Å². The summed E-state index contributed by atoms with van der Waals surface area (Å²) in [5, 5.41) is 3.17. The summed E-state index contributed by atoms with van der Waals surface area (Å²) in [5.74, 6) is -0.968. The van der Waals surface area contributed by atoms with Crippen molar-refractivity contribution in [1.29, 1.82) is 0 Å². The zero-order valence-electron chi connectivity index (χ0n) is 19.3. The van der Waals surface area contributed by atoms with Gasteiger partial charge in [0, 0.05) is 11.3 Å². The second-order valence-electron chi connectivity index (χ2n) is 8.74. The van der Waals surface area contributed by atoms with E-state index in [1.807, 2.05) is 56.3 Å². The van der Waals surface area contributed by atoms with Gasteiger partial charge in [0.15, 0.2) is 0 Å².